The lowest BCUT2D eigenvalue weighted by Crippen LogP contribution is -2.33. The first kappa shape index (κ1) is 17.9. The molecule has 0 atom stereocenters. The topological polar surface area (TPSA) is 30.0 Å². The predicted octanol–water partition coefficient (Wildman–Crippen LogP) is 4.20. The molecule has 3 aromatic rings. The SMILES string of the molecule is BrCC[P+](c1ccccc1)(c1ccccc1)c1ccccc1.[OH-]. The minimum Gasteiger partial charge on any atom is -0.870 e. The van der Waals surface area contributed by atoms with Crippen molar-refractivity contribution in [2.75, 3.05) is 11.5 Å². The predicted molar refractivity (Wildman–Crippen MR) is 106 cm³/mol. The standard InChI is InChI=1S/C20H19BrP.H2O/c21-16-17-22(18-10-4-1-5-11-18,19-12-6-2-7-13-19)20-14-8-3-9-15-20;/h1-15H,16-17H2;1H2/q+1;/p-1. The lowest BCUT2D eigenvalue weighted by molar-refractivity contribution is 0.824. The first-order chi connectivity index (χ1) is 10.9. The average molecular weight is 387 g/mol. The highest BCUT2D eigenvalue weighted by Crippen LogP contribution is 2.55. The second-order valence-corrected chi connectivity index (χ2v) is 9.64. The Balaban J connectivity index is 0.00000192. The molecule has 0 bridgehead atoms. The molecular formula is C20H20BrOP. The summed E-state index contributed by atoms with van der Waals surface area (Å²) >= 11 is 3.70. The molecule has 0 aromatic heterocycles. The molecule has 0 radical (unpaired) electrons. The van der Waals surface area contributed by atoms with Crippen molar-refractivity contribution in [3.8, 4) is 0 Å². The van der Waals surface area contributed by atoms with Crippen LogP contribution < -0.4 is 15.9 Å². The third-order valence-corrected chi connectivity index (χ3v) is 9.45. The van der Waals surface area contributed by atoms with Gasteiger partial charge in [-0.3, -0.25) is 0 Å². The molecule has 1 nitrogen and oxygen atoms in total. The minimum absolute atomic E-state index is 0. The van der Waals surface area contributed by atoms with Crippen molar-refractivity contribution in [2.45, 2.75) is 0 Å². The summed E-state index contributed by atoms with van der Waals surface area (Å²) in [7, 11) is -1.60. The van der Waals surface area contributed by atoms with Crippen molar-refractivity contribution < 1.29 is 5.48 Å². The van der Waals surface area contributed by atoms with Crippen LogP contribution in [0.5, 0.6) is 0 Å². The quantitative estimate of drug-likeness (QED) is 0.477. The molecule has 3 aromatic carbocycles. The number of alkyl halides is 1. The second kappa shape index (κ2) is 8.40. The van der Waals surface area contributed by atoms with E-state index in [1.54, 1.807) is 0 Å². The molecule has 0 heterocycles. The summed E-state index contributed by atoms with van der Waals surface area (Å²) in [6.45, 7) is 0. The molecule has 0 aliphatic carbocycles. The van der Waals surface area contributed by atoms with Crippen LogP contribution in [0, 0.1) is 0 Å². The second-order valence-electron chi connectivity index (χ2n) is 5.23. The molecule has 118 valence electrons. The summed E-state index contributed by atoms with van der Waals surface area (Å²) in [6, 6.07) is 33.0. The summed E-state index contributed by atoms with van der Waals surface area (Å²) in [5.41, 5.74) is 0. The van der Waals surface area contributed by atoms with Crippen molar-refractivity contribution in [3.05, 3.63) is 91.0 Å². The third kappa shape index (κ3) is 3.55. The largest absolute Gasteiger partial charge is 0.870 e. The van der Waals surface area contributed by atoms with E-state index < -0.39 is 7.26 Å². The Kier molecular flexibility index (Phi) is 6.53. The number of halogens is 1. The molecule has 0 aliphatic rings. The number of hydrogen-bond donors (Lipinski definition) is 0. The molecule has 0 saturated heterocycles. The molecule has 0 aliphatic heterocycles. The number of hydrogen-bond acceptors (Lipinski definition) is 1. The van der Waals surface area contributed by atoms with Gasteiger partial charge in [-0.25, -0.2) is 0 Å². The molecule has 0 fully saturated rings. The van der Waals surface area contributed by atoms with Crippen LogP contribution in [0.15, 0.2) is 91.0 Å². The van der Waals surface area contributed by atoms with Crippen LogP contribution in [-0.2, 0) is 0 Å². The number of rotatable bonds is 5. The van der Waals surface area contributed by atoms with E-state index in [4.69, 9.17) is 0 Å². The Labute approximate surface area is 147 Å². The molecule has 3 rings (SSSR count). The van der Waals surface area contributed by atoms with Gasteiger partial charge in [-0.15, -0.1) is 0 Å². The van der Waals surface area contributed by atoms with Gasteiger partial charge in [-0.2, -0.15) is 0 Å². The Hall–Kier alpha value is -1.47. The maximum atomic E-state index is 3.70. The van der Waals surface area contributed by atoms with E-state index in [1.807, 2.05) is 0 Å². The fourth-order valence-corrected chi connectivity index (χ4v) is 8.57. The first-order valence-corrected chi connectivity index (χ1v) is 10.6. The van der Waals surface area contributed by atoms with Crippen molar-refractivity contribution in [3.63, 3.8) is 0 Å². The molecule has 23 heavy (non-hydrogen) atoms. The van der Waals surface area contributed by atoms with E-state index in [9.17, 15) is 0 Å². The fourth-order valence-electron chi connectivity index (χ4n) is 3.01. The molecule has 3 heteroatoms. The van der Waals surface area contributed by atoms with Crippen LogP contribution in [0.1, 0.15) is 0 Å². The zero-order chi connectivity index (χ0) is 15.3. The summed E-state index contributed by atoms with van der Waals surface area (Å²) in [6.07, 6.45) is 1.13. The van der Waals surface area contributed by atoms with E-state index in [0.29, 0.717) is 0 Å². The van der Waals surface area contributed by atoms with Gasteiger partial charge in [0.05, 0.1) is 6.16 Å². The Morgan fingerprint density at radius 2 is 0.870 bits per heavy atom. The molecule has 0 unspecified atom stereocenters. The Morgan fingerprint density at radius 1 is 0.565 bits per heavy atom. The van der Waals surface area contributed by atoms with E-state index >= 15 is 0 Å². The highest BCUT2D eigenvalue weighted by molar-refractivity contribution is 9.09. The van der Waals surface area contributed by atoms with Crippen LogP contribution in [0.25, 0.3) is 0 Å². The van der Waals surface area contributed by atoms with Crippen molar-refractivity contribution >= 4 is 39.1 Å². The molecular weight excluding hydrogens is 367 g/mol. The normalized spacial score (nSPS) is 10.8. The van der Waals surface area contributed by atoms with Crippen LogP contribution in [-0.4, -0.2) is 17.0 Å². The van der Waals surface area contributed by atoms with Crippen LogP contribution in [0.4, 0.5) is 0 Å². The zero-order valence-electron chi connectivity index (χ0n) is 12.8. The highest BCUT2D eigenvalue weighted by Gasteiger charge is 2.44. The van der Waals surface area contributed by atoms with Crippen molar-refractivity contribution in [2.24, 2.45) is 0 Å². The molecule has 0 saturated carbocycles. The molecule has 0 amide bonds. The maximum Gasteiger partial charge on any atom is 0.112 e. The lowest BCUT2D eigenvalue weighted by Gasteiger charge is -2.27. The van der Waals surface area contributed by atoms with Gasteiger partial charge in [-0.05, 0) is 36.4 Å². The van der Waals surface area contributed by atoms with Crippen LogP contribution >= 0.6 is 23.2 Å². The van der Waals surface area contributed by atoms with Gasteiger partial charge in [0.2, 0.25) is 0 Å². The van der Waals surface area contributed by atoms with Crippen molar-refractivity contribution in [1.29, 1.82) is 0 Å². The molecule has 1 N–H and O–H groups in total. The van der Waals surface area contributed by atoms with E-state index in [2.05, 4.69) is 107 Å². The van der Waals surface area contributed by atoms with Gasteiger partial charge in [0, 0.05) is 5.33 Å². The monoisotopic (exact) mass is 386 g/mol. The smallest absolute Gasteiger partial charge is 0.112 e. The average Bonchev–Trinajstić information content (AvgIpc) is 2.62. The maximum absolute atomic E-state index is 3.70. The van der Waals surface area contributed by atoms with Crippen LogP contribution in [0.3, 0.4) is 0 Å². The molecule has 0 spiro atoms. The summed E-state index contributed by atoms with van der Waals surface area (Å²) < 4.78 is 0. The highest BCUT2D eigenvalue weighted by atomic mass is 79.9. The lowest BCUT2D eigenvalue weighted by atomic mass is 10.4. The van der Waals surface area contributed by atoms with Gasteiger partial charge < -0.3 is 5.48 Å². The zero-order valence-corrected chi connectivity index (χ0v) is 15.3. The van der Waals surface area contributed by atoms with Gasteiger partial charge in [0.1, 0.15) is 23.2 Å². The van der Waals surface area contributed by atoms with Gasteiger partial charge >= 0.3 is 0 Å². The van der Waals surface area contributed by atoms with E-state index in [0.717, 1.165) is 11.5 Å². The first-order valence-electron chi connectivity index (χ1n) is 7.49. The Morgan fingerprint density at radius 3 is 1.13 bits per heavy atom. The van der Waals surface area contributed by atoms with Crippen LogP contribution in [0.2, 0.25) is 0 Å². The fraction of sp³-hybridized carbons (Fsp3) is 0.100. The van der Waals surface area contributed by atoms with E-state index in [-0.39, 0.29) is 5.48 Å². The third-order valence-electron chi connectivity index (χ3n) is 4.01. The summed E-state index contributed by atoms with van der Waals surface area (Å²) in [5, 5.41) is 5.35. The minimum atomic E-state index is -1.60. The van der Waals surface area contributed by atoms with Gasteiger partial charge in [-0.1, -0.05) is 70.5 Å². The Bertz CT molecular complexity index is 605. The van der Waals surface area contributed by atoms with Gasteiger partial charge in [0.15, 0.2) is 0 Å². The van der Waals surface area contributed by atoms with Gasteiger partial charge in [0.25, 0.3) is 0 Å². The van der Waals surface area contributed by atoms with E-state index in [1.165, 1.54) is 15.9 Å². The number of benzene rings is 3. The summed E-state index contributed by atoms with van der Waals surface area (Å²) in [4.78, 5) is 0. The van der Waals surface area contributed by atoms with Crippen molar-refractivity contribution in [1.82, 2.24) is 0 Å². The summed E-state index contributed by atoms with van der Waals surface area (Å²) in [5.74, 6) is 0.